The molecule has 0 aliphatic heterocycles. The predicted molar refractivity (Wildman–Crippen MR) is 123 cm³/mol. The lowest BCUT2D eigenvalue weighted by molar-refractivity contribution is -0.147. The molecule has 0 fully saturated rings. The molecule has 166 valence electrons. The number of carbonyl (C=O) groups is 3. The molecular formula is C25H27N3O4. The first kappa shape index (κ1) is 22.9. The highest BCUT2D eigenvalue weighted by molar-refractivity contribution is 5.97. The van der Waals surface area contributed by atoms with Crippen LogP contribution < -0.4 is 5.32 Å². The molecule has 0 bridgehead atoms. The van der Waals surface area contributed by atoms with Crippen LogP contribution in [0.1, 0.15) is 36.3 Å². The highest BCUT2D eigenvalue weighted by Gasteiger charge is 2.14. The molecule has 0 aliphatic rings. The Hall–Kier alpha value is -3.74. The van der Waals surface area contributed by atoms with Crippen molar-refractivity contribution in [2.45, 2.75) is 26.7 Å². The van der Waals surface area contributed by atoms with Gasteiger partial charge in [0.25, 0.3) is 11.8 Å². The summed E-state index contributed by atoms with van der Waals surface area (Å²) in [6, 6.07) is 18.3. The molecule has 0 spiro atoms. The van der Waals surface area contributed by atoms with E-state index in [4.69, 9.17) is 4.74 Å². The molecule has 32 heavy (non-hydrogen) atoms. The van der Waals surface area contributed by atoms with Crippen molar-refractivity contribution in [3.8, 4) is 0 Å². The fourth-order valence-electron chi connectivity index (χ4n) is 3.32. The van der Waals surface area contributed by atoms with Crippen molar-refractivity contribution in [1.82, 2.24) is 9.88 Å². The summed E-state index contributed by atoms with van der Waals surface area (Å²) in [5.41, 5.74) is 2.63. The van der Waals surface area contributed by atoms with Gasteiger partial charge in [-0.3, -0.25) is 19.4 Å². The third-order valence-corrected chi connectivity index (χ3v) is 5.05. The zero-order valence-corrected chi connectivity index (χ0v) is 18.3. The number of ether oxygens (including phenoxy) is 1. The fourth-order valence-corrected chi connectivity index (χ4v) is 3.32. The molecular weight excluding hydrogens is 406 g/mol. The van der Waals surface area contributed by atoms with Crippen molar-refractivity contribution >= 4 is 34.4 Å². The SMILES string of the molecule is CCN(CC)C(=O)c1cccc(NC(=O)COC(=O)CCc2ccc3ccccc3n2)c1. The van der Waals surface area contributed by atoms with Gasteiger partial charge in [0.1, 0.15) is 0 Å². The first-order valence-corrected chi connectivity index (χ1v) is 10.7. The fraction of sp³-hybridized carbons (Fsp3) is 0.280. The Morgan fingerprint density at radius 1 is 0.969 bits per heavy atom. The zero-order valence-electron chi connectivity index (χ0n) is 18.3. The standard InChI is InChI=1S/C25H27N3O4/c1-3-28(4-2)25(31)19-9-7-10-21(16-19)27-23(29)17-32-24(30)15-14-20-13-12-18-8-5-6-11-22(18)26-20/h5-13,16H,3-4,14-15,17H2,1-2H3,(H,27,29). The van der Waals surface area contributed by atoms with Gasteiger partial charge in [-0.1, -0.05) is 30.3 Å². The Morgan fingerprint density at radius 2 is 1.75 bits per heavy atom. The van der Waals surface area contributed by atoms with Crippen LogP contribution in [0.5, 0.6) is 0 Å². The van der Waals surface area contributed by atoms with E-state index < -0.39 is 18.5 Å². The van der Waals surface area contributed by atoms with Crippen LogP contribution >= 0.6 is 0 Å². The molecule has 1 N–H and O–H groups in total. The van der Waals surface area contributed by atoms with Gasteiger partial charge in [0, 0.05) is 41.8 Å². The van der Waals surface area contributed by atoms with Gasteiger partial charge in [-0.15, -0.1) is 0 Å². The van der Waals surface area contributed by atoms with Crippen molar-refractivity contribution in [3.05, 3.63) is 71.9 Å². The number of nitrogens with one attached hydrogen (secondary N) is 1. The van der Waals surface area contributed by atoms with Gasteiger partial charge in [0.15, 0.2) is 6.61 Å². The van der Waals surface area contributed by atoms with Crippen molar-refractivity contribution in [2.24, 2.45) is 0 Å². The van der Waals surface area contributed by atoms with Crippen LogP contribution in [-0.2, 0) is 20.7 Å². The lowest BCUT2D eigenvalue weighted by atomic mass is 10.1. The normalized spacial score (nSPS) is 10.6. The van der Waals surface area contributed by atoms with Crippen LogP contribution in [0, 0.1) is 0 Å². The number of hydrogen-bond donors (Lipinski definition) is 1. The minimum absolute atomic E-state index is 0.0974. The number of hydrogen-bond acceptors (Lipinski definition) is 5. The second-order valence-electron chi connectivity index (χ2n) is 7.26. The van der Waals surface area contributed by atoms with E-state index in [-0.39, 0.29) is 12.3 Å². The third-order valence-electron chi connectivity index (χ3n) is 5.05. The molecule has 1 heterocycles. The predicted octanol–water partition coefficient (Wildman–Crippen LogP) is 3.83. The van der Waals surface area contributed by atoms with Crippen LogP contribution in [0.2, 0.25) is 0 Å². The zero-order chi connectivity index (χ0) is 22.9. The number of aryl methyl sites for hydroxylation is 1. The molecule has 0 unspecified atom stereocenters. The van der Waals surface area contributed by atoms with E-state index in [9.17, 15) is 14.4 Å². The molecule has 1 aromatic heterocycles. The van der Waals surface area contributed by atoms with Gasteiger partial charge < -0.3 is 15.0 Å². The highest BCUT2D eigenvalue weighted by atomic mass is 16.5. The summed E-state index contributed by atoms with van der Waals surface area (Å²) in [6.45, 7) is 4.65. The Balaban J connectivity index is 1.47. The van der Waals surface area contributed by atoms with Crippen LogP contribution in [-0.4, -0.2) is 47.4 Å². The average Bonchev–Trinajstić information content (AvgIpc) is 2.82. The summed E-state index contributed by atoms with van der Waals surface area (Å²) in [6.07, 6.45) is 0.563. The van der Waals surface area contributed by atoms with Gasteiger partial charge >= 0.3 is 5.97 Å². The summed E-state index contributed by atoms with van der Waals surface area (Å²) in [4.78, 5) is 42.9. The van der Waals surface area contributed by atoms with Gasteiger partial charge in [-0.2, -0.15) is 0 Å². The first-order chi connectivity index (χ1) is 15.5. The number of pyridine rings is 1. The van der Waals surface area contributed by atoms with Crippen molar-refractivity contribution in [3.63, 3.8) is 0 Å². The maximum Gasteiger partial charge on any atom is 0.306 e. The summed E-state index contributed by atoms with van der Waals surface area (Å²) in [5, 5.41) is 3.70. The van der Waals surface area contributed by atoms with E-state index in [0.717, 1.165) is 16.6 Å². The topological polar surface area (TPSA) is 88.6 Å². The first-order valence-electron chi connectivity index (χ1n) is 10.7. The van der Waals surface area contributed by atoms with Crippen LogP contribution in [0.25, 0.3) is 10.9 Å². The number of aromatic nitrogens is 1. The number of fused-ring (bicyclic) bond motifs is 1. The quantitative estimate of drug-likeness (QED) is 0.518. The number of amides is 2. The summed E-state index contributed by atoms with van der Waals surface area (Å²) in [5.74, 6) is -1.03. The van der Waals surface area contributed by atoms with Gasteiger partial charge in [-0.05, 0) is 44.2 Å². The molecule has 0 atom stereocenters. The molecule has 0 saturated carbocycles. The van der Waals surface area contributed by atoms with Crippen molar-refractivity contribution in [2.75, 3.05) is 25.0 Å². The molecule has 7 nitrogen and oxygen atoms in total. The molecule has 2 amide bonds. The Kier molecular flexibility index (Phi) is 7.91. The lowest BCUT2D eigenvalue weighted by Crippen LogP contribution is -2.30. The number of benzene rings is 2. The Labute approximate surface area is 187 Å². The molecule has 0 saturated heterocycles. The monoisotopic (exact) mass is 433 g/mol. The summed E-state index contributed by atoms with van der Waals surface area (Å²) in [7, 11) is 0. The Morgan fingerprint density at radius 3 is 2.53 bits per heavy atom. The van der Waals surface area contributed by atoms with E-state index in [1.54, 1.807) is 29.2 Å². The van der Waals surface area contributed by atoms with E-state index in [0.29, 0.717) is 30.8 Å². The number of rotatable bonds is 9. The number of anilines is 1. The van der Waals surface area contributed by atoms with Crippen molar-refractivity contribution in [1.29, 1.82) is 0 Å². The van der Waals surface area contributed by atoms with Gasteiger partial charge in [-0.25, -0.2) is 0 Å². The molecule has 0 radical (unpaired) electrons. The van der Waals surface area contributed by atoms with Crippen LogP contribution in [0.3, 0.4) is 0 Å². The molecule has 0 aliphatic carbocycles. The van der Waals surface area contributed by atoms with E-state index in [2.05, 4.69) is 10.3 Å². The van der Waals surface area contributed by atoms with Crippen LogP contribution in [0.4, 0.5) is 5.69 Å². The summed E-state index contributed by atoms with van der Waals surface area (Å²) < 4.78 is 5.08. The second-order valence-corrected chi connectivity index (χ2v) is 7.26. The highest BCUT2D eigenvalue weighted by Crippen LogP contribution is 2.14. The maximum atomic E-state index is 12.5. The molecule has 2 aromatic carbocycles. The largest absolute Gasteiger partial charge is 0.456 e. The Bertz CT molecular complexity index is 1110. The van der Waals surface area contributed by atoms with Gasteiger partial charge in [0.2, 0.25) is 0 Å². The van der Waals surface area contributed by atoms with E-state index >= 15 is 0 Å². The summed E-state index contributed by atoms with van der Waals surface area (Å²) >= 11 is 0. The average molecular weight is 434 g/mol. The smallest absolute Gasteiger partial charge is 0.306 e. The van der Waals surface area contributed by atoms with E-state index in [1.807, 2.05) is 50.2 Å². The number of esters is 1. The molecule has 3 aromatic rings. The van der Waals surface area contributed by atoms with Crippen LogP contribution in [0.15, 0.2) is 60.7 Å². The molecule has 3 rings (SSSR count). The van der Waals surface area contributed by atoms with E-state index in [1.165, 1.54) is 0 Å². The lowest BCUT2D eigenvalue weighted by Gasteiger charge is -2.19. The minimum Gasteiger partial charge on any atom is -0.456 e. The number of nitrogens with zero attached hydrogens (tertiary/aromatic N) is 2. The molecule has 7 heteroatoms. The van der Waals surface area contributed by atoms with Gasteiger partial charge in [0.05, 0.1) is 11.9 Å². The minimum atomic E-state index is -0.472. The second kappa shape index (κ2) is 11.0. The van der Waals surface area contributed by atoms with Crippen molar-refractivity contribution < 1.29 is 19.1 Å². The number of carbonyl (C=O) groups excluding carboxylic acids is 3. The third kappa shape index (κ3) is 6.14. The maximum absolute atomic E-state index is 12.5. The number of para-hydroxylation sites is 1.